The van der Waals surface area contributed by atoms with Crippen molar-refractivity contribution in [2.24, 2.45) is 0 Å². The number of para-hydroxylation sites is 1. The number of aliphatic carboxylic acids is 1. The number of aliphatic hydroxyl groups is 1. The van der Waals surface area contributed by atoms with E-state index in [2.05, 4.69) is 31.6 Å². The van der Waals surface area contributed by atoms with Crippen LogP contribution >= 0.6 is 11.8 Å². The summed E-state index contributed by atoms with van der Waals surface area (Å²) in [5.74, 6) is -1.14. The first-order valence-electron chi connectivity index (χ1n) is 12.9. The smallest absolute Gasteiger partial charge is 0.328 e. The monoisotopic (exact) mass is 563 g/mol. The summed E-state index contributed by atoms with van der Waals surface area (Å²) in [7, 11) is 0. The van der Waals surface area contributed by atoms with E-state index in [1.807, 2.05) is 42.5 Å². The molecule has 4 rings (SSSR count). The number of benzene rings is 3. The first kappa shape index (κ1) is 29.0. The second kappa shape index (κ2) is 12.4. The zero-order chi connectivity index (χ0) is 28.9. The molecule has 210 valence electrons. The predicted molar refractivity (Wildman–Crippen MR) is 154 cm³/mol. The molecule has 3 atom stereocenters. The van der Waals surface area contributed by atoms with Gasteiger partial charge in [0.25, 0.3) is 0 Å². The summed E-state index contributed by atoms with van der Waals surface area (Å²) in [6.07, 6.45) is -0.176. The highest BCUT2D eigenvalue weighted by molar-refractivity contribution is 8.01. The van der Waals surface area contributed by atoms with Crippen LogP contribution in [0.5, 0.6) is 11.5 Å². The fourth-order valence-corrected chi connectivity index (χ4v) is 5.79. The van der Waals surface area contributed by atoms with Gasteiger partial charge in [-0.3, -0.25) is 20.4 Å². The number of carbonyl (C=O) groups is 3. The van der Waals surface area contributed by atoms with E-state index in [4.69, 9.17) is 4.74 Å². The van der Waals surface area contributed by atoms with Gasteiger partial charge in [-0.15, -0.1) is 11.8 Å². The summed E-state index contributed by atoms with van der Waals surface area (Å²) >= 11 is 1.17. The Morgan fingerprint density at radius 2 is 1.70 bits per heavy atom. The lowest BCUT2D eigenvalue weighted by atomic mass is 9.87. The average molecular weight is 564 g/mol. The zero-order valence-corrected chi connectivity index (χ0v) is 23.4. The van der Waals surface area contributed by atoms with Crippen LogP contribution in [0, 0.1) is 0 Å². The van der Waals surface area contributed by atoms with Gasteiger partial charge in [0, 0.05) is 6.42 Å². The van der Waals surface area contributed by atoms with Crippen molar-refractivity contribution in [3.63, 3.8) is 0 Å². The molecule has 4 N–H and O–H groups in total. The molecule has 3 aromatic rings. The van der Waals surface area contributed by atoms with Crippen molar-refractivity contribution in [3.8, 4) is 11.5 Å². The zero-order valence-electron chi connectivity index (χ0n) is 22.5. The summed E-state index contributed by atoms with van der Waals surface area (Å²) in [6, 6.07) is 22.4. The van der Waals surface area contributed by atoms with Crippen molar-refractivity contribution in [3.05, 3.63) is 90.0 Å². The number of carbonyl (C=O) groups excluding carboxylic acids is 2. The molecule has 0 bridgehead atoms. The molecular weight excluding hydrogens is 530 g/mol. The van der Waals surface area contributed by atoms with Gasteiger partial charge in [0.05, 0.1) is 17.5 Å². The molecule has 2 amide bonds. The van der Waals surface area contributed by atoms with Crippen molar-refractivity contribution in [2.75, 3.05) is 12.0 Å². The van der Waals surface area contributed by atoms with E-state index in [0.29, 0.717) is 22.7 Å². The molecule has 1 saturated heterocycles. The Bertz CT molecular complexity index is 1340. The first-order valence-corrected chi connectivity index (χ1v) is 13.8. The van der Waals surface area contributed by atoms with Crippen LogP contribution in [0.15, 0.2) is 78.9 Å². The van der Waals surface area contributed by atoms with Crippen LogP contribution in [0.1, 0.15) is 43.7 Å². The highest BCUT2D eigenvalue weighted by Gasteiger charge is 2.47. The van der Waals surface area contributed by atoms with E-state index >= 15 is 0 Å². The number of hydrazine groups is 1. The Hall–Kier alpha value is -4.02. The summed E-state index contributed by atoms with van der Waals surface area (Å²) in [5.41, 5.74) is 7.84. The van der Waals surface area contributed by atoms with E-state index in [9.17, 15) is 24.6 Å². The molecule has 40 heavy (non-hydrogen) atoms. The third-order valence-electron chi connectivity index (χ3n) is 6.46. The fraction of sp³-hybridized carbons (Fsp3) is 0.300. The molecule has 0 saturated carbocycles. The molecule has 0 aliphatic carbocycles. The fourth-order valence-electron chi connectivity index (χ4n) is 4.31. The van der Waals surface area contributed by atoms with Gasteiger partial charge in [-0.2, -0.15) is 0 Å². The van der Waals surface area contributed by atoms with Crippen LogP contribution in [0.2, 0.25) is 0 Å². The Balaban J connectivity index is 1.52. The van der Waals surface area contributed by atoms with Gasteiger partial charge in [-0.1, -0.05) is 63.2 Å². The molecule has 2 unspecified atom stereocenters. The summed E-state index contributed by atoms with van der Waals surface area (Å²) in [5, 5.41) is 18.0. The molecule has 0 aromatic heterocycles. The minimum Gasteiger partial charge on any atom is -0.480 e. The van der Waals surface area contributed by atoms with Crippen molar-refractivity contribution in [1.82, 2.24) is 10.3 Å². The number of hydrogen-bond acceptors (Lipinski definition) is 7. The molecule has 10 heteroatoms. The van der Waals surface area contributed by atoms with E-state index in [-0.39, 0.29) is 11.8 Å². The van der Waals surface area contributed by atoms with Crippen LogP contribution in [-0.4, -0.2) is 50.8 Å². The molecule has 9 nitrogen and oxygen atoms in total. The number of ether oxygens (including phenoxy) is 1. The Morgan fingerprint density at radius 1 is 1.00 bits per heavy atom. The maximum atomic E-state index is 13.4. The van der Waals surface area contributed by atoms with Crippen molar-refractivity contribution in [1.29, 1.82) is 0 Å². The number of nitrogens with zero attached hydrogens (tertiary/aromatic N) is 1. The molecule has 1 aliphatic rings. The van der Waals surface area contributed by atoms with Crippen LogP contribution in [0.3, 0.4) is 0 Å². The third kappa shape index (κ3) is 6.94. The maximum absolute atomic E-state index is 13.4. The minimum atomic E-state index is -1.46. The number of hydrogen-bond donors (Lipinski definition) is 4. The topological polar surface area (TPSA) is 128 Å². The van der Waals surface area contributed by atoms with Gasteiger partial charge in [0.2, 0.25) is 11.8 Å². The number of carboxylic acid groups (broad SMARTS) is 1. The van der Waals surface area contributed by atoms with E-state index < -0.39 is 41.1 Å². The molecule has 1 aliphatic heterocycles. The van der Waals surface area contributed by atoms with Crippen LogP contribution in [-0.2, 0) is 19.8 Å². The Morgan fingerprint density at radius 3 is 2.33 bits per heavy atom. The molecule has 0 radical (unpaired) electrons. The van der Waals surface area contributed by atoms with E-state index in [1.54, 1.807) is 36.4 Å². The van der Waals surface area contributed by atoms with E-state index in [1.165, 1.54) is 17.3 Å². The lowest BCUT2D eigenvalue weighted by Gasteiger charge is -2.29. The number of anilines is 1. The van der Waals surface area contributed by atoms with Gasteiger partial charge in [0.1, 0.15) is 16.9 Å². The lowest BCUT2D eigenvalue weighted by Crippen LogP contribution is -2.47. The van der Waals surface area contributed by atoms with Crippen molar-refractivity contribution >= 4 is 35.2 Å². The second-order valence-corrected chi connectivity index (χ2v) is 11.7. The Labute approximate surface area is 237 Å². The highest BCUT2D eigenvalue weighted by Crippen LogP contribution is 2.46. The number of amides is 2. The summed E-state index contributed by atoms with van der Waals surface area (Å²) < 4.78 is 6.06. The predicted octanol–water partition coefficient (Wildman–Crippen LogP) is 4.70. The summed E-state index contributed by atoms with van der Waals surface area (Å²) in [4.78, 5) is 39.1. The molecular formula is C30H33N3O6S. The normalized spacial score (nSPS) is 17.8. The standard InChI is InChI=1S/C30H33N3O6S/c1-30(2,3)20-12-14-22(15-13-20)39-23-11-7-8-19(16-23)28-33(24(18-34)29(37)38)27(36)25(40-28)17-26(35)32-31-21-9-5-4-6-10-21/h4-16,24-25,28,31,34H,17-18H2,1-3H3,(H,32,35)(H,37,38)/t24-,25?,28?/m0/s1. The van der Waals surface area contributed by atoms with Gasteiger partial charge >= 0.3 is 5.97 Å². The molecule has 3 aromatic carbocycles. The lowest BCUT2D eigenvalue weighted by molar-refractivity contribution is -0.151. The second-order valence-electron chi connectivity index (χ2n) is 10.5. The summed E-state index contributed by atoms with van der Waals surface area (Å²) in [6.45, 7) is 5.63. The number of rotatable bonds is 10. The number of nitrogens with one attached hydrogen (secondary N) is 2. The third-order valence-corrected chi connectivity index (χ3v) is 7.91. The largest absolute Gasteiger partial charge is 0.480 e. The number of carboxylic acids is 1. The Kier molecular flexibility index (Phi) is 9.01. The van der Waals surface area contributed by atoms with Crippen molar-refractivity contribution in [2.45, 2.75) is 49.3 Å². The van der Waals surface area contributed by atoms with E-state index in [0.717, 1.165) is 4.90 Å². The van der Waals surface area contributed by atoms with Gasteiger partial charge in [0.15, 0.2) is 6.04 Å². The molecule has 1 fully saturated rings. The highest BCUT2D eigenvalue weighted by atomic mass is 32.2. The van der Waals surface area contributed by atoms with Crippen molar-refractivity contribution < 1.29 is 29.3 Å². The quantitative estimate of drug-likeness (QED) is 0.262. The molecule has 0 spiro atoms. The molecule has 1 heterocycles. The van der Waals surface area contributed by atoms with Crippen LogP contribution < -0.4 is 15.6 Å². The first-order chi connectivity index (χ1) is 19.1. The number of thioether (sulfide) groups is 1. The van der Waals surface area contributed by atoms with Gasteiger partial charge in [-0.05, 0) is 52.9 Å². The minimum absolute atomic E-state index is 0.00653. The van der Waals surface area contributed by atoms with Gasteiger partial charge < -0.3 is 19.8 Å². The van der Waals surface area contributed by atoms with Crippen LogP contribution in [0.25, 0.3) is 0 Å². The van der Waals surface area contributed by atoms with Gasteiger partial charge in [-0.25, -0.2) is 4.79 Å². The average Bonchev–Trinajstić information content (AvgIpc) is 3.23. The SMILES string of the molecule is CC(C)(C)c1ccc(Oc2cccc(C3SC(CC(=O)NNc4ccccc4)C(=O)N3[C@@H](CO)C(=O)O)c2)cc1. The van der Waals surface area contributed by atoms with Crippen LogP contribution in [0.4, 0.5) is 5.69 Å². The maximum Gasteiger partial charge on any atom is 0.328 e. The number of aliphatic hydroxyl groups excluding tert-OH is 1.